The molecular formula is C23H14S4. The van der Waals surface area contributed by atoms with Gasteiger partial charge in [-0.25, -0.2) is 0 Å². The molecule has 0 radical (unpaired) electrons. The molecule has 1 aliphatic carbocycles. The van der Waals surface area contributed by atoms with Crippen LogP contribution < -0.4 is 0 Å². The van der Waals surface area contributed by atoms with E-state index in [4.69, 9.17) is 0 Å². The summed E-state index contributed by atoms with van der Waals surface area (Å²) >= 11 is 7.63. The van der Waals surface area contributed by atoms with Crippen molar-refractivity contribution >= 4 is 45.3 Å². The van der Waals surface area contributed by atoms with Crippen LogP contribution in [-0.2, 0) is 6.42 Å². The molecule has 4 heterocycles. The van der Waals surface area contributed by atoms with Crippen LogP contribution in [0.15, 0.2) is 72.1 Å². The fraction of sp³-hybridized carbons (Fsp3) is 0.0435. The third-order valence-electron chi connectivity index (χ3n) is 4.90. The van der Waals surface area contributed by atoms with Gasteiger partial charge < -0.3 is 0 Å². The van der Waals surface area contributed by atoms with E-state index in [0.717, 1.165) is 6.42 Å². The van der Waals surface area contributed by atoms with Gasteiger partial charge in [0.25, 0.3) is 0 Å². The lowest BCUT2D eigenvalue weighted by Crippen LogP contribution is -1.74. The lowest BCUT2D eigenvalue weighted by Gasteiger charge is -1.95. The molecule has 0 atom stereocenters. The molecule has 0 amide bonds. The molecule has 0 unspecified atom stereocenters. The first-order chi connectivity index (χ1) is 13.3. The van der Waals surface area contributed by atoms with E-state index >= 15 is 0 Å². The Labute approximate surface area is 174 Å². The Balaban J connectivity index is 1.33. The molecule has 0 bridgehead atoms. The normalized spacial score (nSPS) is 12.3. The van der Waals surface area contributed by atoms with Gasteiger partial charge in [-0.05, 0) is 58.5 Å². The predicted molar refractivity (Wildman–Crippen MR) is 123 cm³/mol. The molecule has 5 aromatic rings. The molecule has 27 heavy (non-hydrogen) atoms. The van der Waals surface area contributed by atoms with Crippen LogP contribution in [0, 0.1) is 0 Å². The second-order valence-electron chi connectivity index (χ2n) is 6.61. The van der Waals surface area contributed by atoms with Crippen LogP contribution in [-0.4, -0.2) is 0 Å². The van der Waals surface area contributed by atoms with Gasteiger partial charge in [0.2, 0.25) is 0 Å². The maximum atomic E-state index is 2.41. The van der Waals surface area contributed by atoms with Gasteiger partial charge in [0, 0.05) is 40.6 Å². The summed E-state index contributed by atoms with van der Waals surface area (Å²) in [5.41, 5.74) is 4.31. The number of fused-ring (bicyclic) bond motifs is 3. The van der Waals surface area contributed by atoms with Gasteiger partial charge in [-0.15, -0.1) is 45.3 Å². The minimum absolute atomic E-state index is 1.11. The van der Waals surface area contributed by atoms with Crippen LogP contribution in [0.4, 0.5) is 0 Å². The van der Waals surface area contributed by atoms with Crippen molar-refractivity contribution in [2.45, 2.75) is 6.42 Å². The van der Waals surface area contributed by atoms with Crippen LogP contribution in [0.1, 0.15) is 11.1 Å². The van der Waals surface area contributed by atoms with Gasteiger partial charge in [0.05, 0.1) is 0 Å². The molecule has 1 aliphatic rings. The van der Waals surface area contributed by atoms with E-state index in [9.17, 15) is 0 Å². The number of hydrogen-bond acceptors (Lipinski definition) is 4. The quantitative estimate of drug-likeness (QED) is 0.270. The first-order valence-corrected chi connectivity index (χ1v) is 12.1. The topological polar surface area (TPSA) is 0 Å². The molecule has 0 spiro atoms. The fourth-order valence-corrected chi connectivity index (χ4v) is 8.10. The zero-order valence-corrected chi connectivity index (χ0v) is 17.5. The van der Waals surface area contributed by atoms with Gasteiger partial charge in [0.1, 0.15) is 0 Å². The van der Waals surface area contributed by atoms with Gasteiger partial charge in [-0.1, -0.05) is 30.3 Å². The Kier molecular flexibility index (Phi) is 3.73. The number of benzene rings is 1. The van der Waals surface area contributed by atoms with Crippen LogP contribution >= 0.6 is 45.3 Å². The third kappa shape index (κ3) is 2.67. The zero-order chi connectivity index (χ0) is 17.8. The highest BCUT2D eigenvalue weighted by atomic mass is 32.1. The SMILES string of the molecule is c1ccc(-c2ccc(-c3ccc(-c4cc5c(s4)-c4sccc4C5)s3)s2)cc1. The van der Waals surface area contributed by atoms with Crippen LogP contribution in [0.2, 0.25) is 0 Å². The van der Waals surface area contributed by atoms with Crippen LogP contribution in [0.25, 0.3) is 39.7 Å². The molecule has 1 aromatic carbocycles. The molecule has 0 nitrogen and oxygen atoms in total. The molecular weight excluding hydrogens is 405 g/mol. The monoisotopic (exact) mass is 418 g/mol. The summed E-state index contributed by atoms with van der Waals surface area (Å²) in [5.74, 6) is 0. The van der Waals surface area contributed by atoms with E-state index in [2.05, 4.69) is 72.1 Å². The smallest absolute Gasteiger partial charge is 0.0487 e. The van der Waals surface area contributed by atoms with Gasteiger partial charge >= 0.3 is 0 Å². The van der Waals surface area contributed by atoms with E-state index in [0.29, 0.717) is 0 Å². The van der Waals surface area contributed by atoms with E-state index in [1.807, 2.05) is 45.3 Å². The highest BCUT2D eigenvalue weighted by Crippen LogP contribution is 2.49. The fourth-order valence-electron chi connectivity index (χ4n) is 3.58. The summed E-state index contributed by atoms with van der Waals surface area (Å²) in [5, 5.41) is 2.22. The molecule has 4 heteroatoms. The lowest BCUT2D eigenvalue weighted by molar-refractivity contribution is 1.28. The first kappa shape index (κ1) is 16.0. The van der Waals surface area contributed by atoms with Gasteiger partial charge in [-0.2, -0.15) is 0 Å². The summed E-state index contributed by atoms with van der Waals surface area (Å²) in [6.07, 6.45) is 1.11. The largest absolute Gasteiger partial charge is 0.143 e. The zero-order valence-electron chi connectivity index (χ0n) is 14.3. The van der Waals surface area contributed by atoms with Crippen LogP contribution in [0.3, 0.4) is 0 Å². The van der Waals surface area contributed by atoms with E-state index in [-0.39, 0.29) is 0 Å². The Morgan fingerprint density at radius 1 is 0.556 bits per heavy atom. The minimum atomic E-state index is 1.11. The van der Waals surface area contributed by atoms with E-state index < -0.39 is 0 Å². The van der Waals surface area contributed by atoms with E-state index in [1.165, 1.54) is 50.8 Å². The van der Waals surface area contributed by atoms with Crippen molar-refractivity contribution in [3.8, 4) is 39.7 Å². The highest BCUT2D eigenvalue weighted by Gasteiger charge is 2.23. The van der Waals surface area contributed by atoms with Crippen molar-refractivity contribution in [1.29, 1.82) is 0 Å². The number of hydrogen-bond donors (Lipinski definition) is 0. The summed E-state index contributed by atoms with van der Waals surface area (Å²) in [6.45, 7) is 0. The average Bonchev–Trinajstić information content (AvgIpc) is 3.46. The Bertz CT molecular complexity index is 1250. The number of rotatable bonds is 3. The summed E-state index contributed by atoms with van der Waals surface area (Å²) in [4.78, 5) is 9.83. The first-order valence-electron chi connectivity index (χ1n) is 8.80. The molecule has 0 fully saturated rings. The standard InChI is InChI=1S/C23H14S4/c1-2-4-14(5-3-1)17-6-7-18(25-17)19-8-9-20(26-19)21-13-16-12-15-10-11-24-22(15)23(16)27-21/h1-11,13H,12H2. The molecule has 0 aliphatic heterocycles. The minimum Gasteiger partial charge on any atom is -0.143 e. The summed E-state index contributed by atoms with van der Waals surface area (Å²) in [7, 11) is 0. The van der Waals surface area contributed by atoms with Crippen molar-refractivity contribution < 1.29 is 0 Å². The van der Waals surface area contributed by atoms with Crippen molar-refractivity contribution in [1.82, 2.24) is 0 Å². The second kappa shape index (κ2) is 6.28. The van der Waals surface area contributed by atoms with Crippen molar-refractivity contribution in [2.24, 2.45) is 0 Å². The second-order valence-corrected chi connectivity index (χ2v) is 10.7. The molecule has 0 saturated heterocycles. The molecule has 6 rings (SSSR count). The summed E-state index contributed by atoms with van der Waals surface area (Å²) < 4.78 is 0. The highest BCUT2D eigenvalue weighted by molar-refractivity contribution is 7.29. The van der Waals surface area contributed by atoms with Gasteiger partial charge in [0.15, 0.2) is 0 Å². The van der Waals surface area contributed by atoms with Crippen molar-refractivity contribution in [3.05, 3.63) is 83.2 Å². The van der Waals surface area contributed by atoms with Gasteiger partial charge in [-0.3, -0.25) is 0 Å². The molecule has 130 valence electrons. The third-order valence-corrected chi connectivity index (χ3v) is 9.81. The van der Waals surface area contributed by atoms with E-state index in [1.54, 1.807) is 0 Å². The van der Waals surface area contributed by atoms with Crippen LogP contribution in [0.5, 0.6) is 0 Å². The Morgan fingerprint density at radius 2 is 1.26 bits per heavy atom. The molecule has 4 aromatic heterocycles. The van der Waals surface area contributed by atoms with Crippen molar-refractivity contribution in [2.75, 3.05) is 0 Å². The van der Waals surface area contributed by atoms with Crippen molar-refractivity contribution in [3.63, 3.8) is 0 Å². The number of thiophene rings is 4. The summed E-state index contributed by atoms with van der Waals surface area (Å²) in [6, 6.07) is 24.4. The average molecular weight is 419 g/mol. The maximum Gasteiger partial charge on any atom is 0.0487 e. The maximum absolute atomic E-state index is 2.41. The predicted octanol–water partition coefficient (Wildman–Crippen LogP) is 8.50. The Hall–Kier alpha value is -1.98. The molecule has 0 saturated carbocycles. The lowest BCUT2D eigenvalue weighted by atomic mass is 10.2. The molecule has 0 N–H and O–H groups in total. The Morgan fingerprint density at radius 3 is 2.07 bits per heavy atom.